The number of anilines is 1. The van der Waals surface area contributed by atoms with Crippen LogP contribution in [0.1, 0.15) is 63.5 Å². The Morgan fingerprint density at radius 2 is 2.04 bits per heavy atom. The van der Waals surface area contributed by atoms with E-state index in [-0.39, 0.29) is 0 Å². The van der Waals surface area contributed by atoms with Gasteiger partial charge in [0.05, 0.1) is 0 Å². The summed E-state index contributed by atoms with van der Waals surface area (Å²) in [5, 5.41) is 3.39. The summed E-state index contributed by atoms with van der Waals surface area (Å²) in [6.45, 7) is 10.4. The lowest BCUT2D eigenvalue weighted by Crippen LogP contribution is -2.34. The number of fused-ring (bicyclic) bond motifs is 2. The van der Waals surface area contributed by atoms with E-state index in [1.54, 1.807) is 11.3 Å². The van der Waals surface area contributed by atoms with E-state index in [0.29, 0.717) is 0 Å². The van der Waals surface area contributed by atoms with E-state index < -0.39 is 0 Å². The first-order valence-corrected chi connectivity index (χ1v) is 10.6. The maximum absolute atomic E-state index is 3.39. The Bertz CT molecular complexity index is 656. The normalized spacial score (nSPS) is 21.3. The van der Waals surface area contributed by atoms with Crippen molar-refractivity contribution in [2.24, 2.45) is 5.92 Å². The minimum absolute atomic E-state index is 0.834. The molecule has 1 saturated heterocycles. The number of allylic oxidation sites excluding steroid dienone is 4. The zero-order valence-electron chi connectivity index (χ0n) is 17.0. The van der Waals surface area contributed by atoms with Crippen LogP contribution in [0, 0.1) is 12.8 Å². The monoisotopic (exact) mass is 352 g/mol. The van der Waals surface area contributed by atoms with Crippen molar-refractivity contribution in [3.63, 3.8) is 0 Å². The number of likely N-dealkylation sites (tertiary alicyclic amines) is 1. The van der Waals surface area contributed by atoms with E-state index >= 15 is 0 Å². The third-order valence-electron chi connectivity index (χ3n) is 5.85. The average Bonchev–Trinajstić information content (AvgIpc) is 2.66. The molecule has 4 rings (SSSR count). The molecule has 1 N–H and O–H groups in total. The largest absolute Gasteiger partial charge is 0.385 e. The van der Waals surface area contributed by atoms with Crippen molar-refractivity contribution < 1.29 is 0 Å². The number of unbranched alkanes of at least 4 members (excludes halogenated alkanes) is 1. The summed E-state index contributed by atoms with van der Waals surface area (Å²) in [7, 11) is 0. The van der Waals surface area contributed by atoms with Crippen molar-refractivity contribution in [3.8, 4) is 0 Å². The number of nitrogens with zero attached hydrogens (tertiary/aromatic N) is 1. The maximum Gasteiger partial charge on any atom is 0.0372 e. The summed E-state index contributed by atoms with van der Waals surface area (Å²) in [6, 6.07) is 6.63. The van der Waals surface area contributed by atoms with Gasteiger partial charge in [-0.2, -0.15) is 0 Å². The van der Waals surface area contributed by atoms with Crippen molar-refractivity contribution >= 4 is 5.69 Å². The van der Waals surface area contributed by atoms with Gasteiger partial charge in [-0.05, 0) is 70.1 Å². The number of aryl methyl sites for hydroxylation is 2. The van der Waals surface area contributed by atoms with Crippen LogP contribution in [0.5, 0.6) is 0 Å². The summed E-state index contributed by atoms with van der Waals surface area (Å²) in [6.07, 6.45) is 13.9. The Kier molecular flexibility index (Phi) is 6.82. The van der Waals surface area contributed by atoms with Gasteiger partial charge in [-0.1, -0.05) is 42.7 Å². The van der Waals surface area contributed by atoms with Crippen LogP contribution in [0.25, 0.3) is 0 Å². The molecule has 2 aliphatic heterocycles. The van der Waals surface area contributed by atoms with Gasteiger partial charge < -0.3 is 10.2 Å². The molecular weight excluding hydrogens is 316 g/mol. The molecule has 0 amide bonds. The fraction of sp³-hybridized carbons (Fsp3) is 0.583. The molecule has 2 nitrogen and oxygen atoms in total. The fourth-order valence-electron chi connectivity index (χ4n) is 4.39. The molecule has 0 radical (unpaired) electrons. The van der Waals surface area contributed by atoms with Gasteiger partial charge in [0.1, 0.15) is 0 Å². The molecule has 142 valence electrons. The number of benzene rings is 1. The van der Waals surface area contributed by atoms with Gasteiger partial charge in [0.2, 0.25) is 0 Å². The highest BCUT2D eigenvalue weighted by Gasteiger charge is 2.25. The molecule has 1 unspecified atom stereocenters. The quantitative estimate of drug-likeness (QED) is 0.708. The number of rotatable bonds is 3. The fourth-order valence-corrected chi connectivity index (χ4v) is 4.39. The Labute approximate surface area is 160 Å². The van der Waals surface area contributed by atoms with E-state index in [9.17, 15) is 0 Å². The zero-order valence-corrected chi connectivity index (χ0v) is 17.0. The lowest BCUT2D eigenvalue weighted by atomic mass is 9.85. The molecule has 1 aromatic carbocycles. The summed E-state index contributed by atoms with van der Waals surface area (Å²) in [5.41, 5.74) is 7.37. The average molecular weight is 353 g/mol. The molecule has 2 heteroatoms. The minimum atomic E-state index is 0.834. The third kappa shape index (κ3) is 4.93. The molecule has 0 spiro atoms. The van der Waals surface area contributed by atoms with Crippen LogP contribution in [0.15, 0.2) is 41.6 Å². The molecule has 3 aliphatic rings. The Morgan fingerprint density at radius 1 is 1.15 bits per heavy atom. The van der Waals surface area contributed by atoms with Gasteiger partial charge in [-0.25, -0.2) is 0 Å². The first kappa shape index (κ1) is 19.1. The van der Waals surface area contributed by atoms with Gasteiger partial charge in [0, 0.05) is 36.9 Å². The Morgan fingerprint density at radius 3 is 2.88 bits per heavy atom. The second-order valence-electron chi connectivity index (χ2n) is 8.18. The molecule has 0 bridgehead atoms. The number of piperidine rings is 1. The SMILES string of the molecule is CCCCN1CCCC2CC(C)=CC=C21.Cc1ccc2c(c1)CCCN2. The van der Waals surface area contributed by atoms with Gasteiger partial charge in [-0.15, -0.1) is 0 Å². The number of nitrogens with one attached hydrogen (secondary N) is 1. The van der Waals surface area contributed by atoms with Crippen LogP contribution in [0.4, 0.5) is 5.69 Å². The zero-order chi connectivity index (χ0) is 18.4. The second-order valence-corrected chi connectivity index (χ2v) is 8.18. The van der Waals surface area contributed by atoms with Gasteiger partial charge in [0.25, 0.3) is 0 Å². The molecular formula is C24H36N2. The van der Waals surface area contributed by atoms with Gasteiger partial charge in [0.15, 0.2) is 0 Å². The van der Waals surface area contributed by atoms with E-state index in [1.807, 2.05) is 0 Å². The second kappa shape index (κ2) is 9.30. The number of hydrogen-bond donors (Lipinski definition) is 1. The molecule has 0 aromatic heterocycles. The van der Waals surface area contributed by atoms with Crippen molar-refractivity contribution in [3.05, 3.63) is 52.7 Å². The van der Waals surface area contributed by atoms with Crippen LogP contribution < -0.4 is 5.32 Å². The van der Waals surface area contributed by atoms with Gasteiger partial charge >= 0.3 is 0 Å². The third-order valence-corrected chi connectivity index (χ3v) is 5.85. The smallest absolute Gasteiger partial charge is 0.0372 e. The van der Waals surface area contributed by atoms with E-state index in [2.05, 4.69) is 61.3 Å². The minimum Gasteiger partial charge on any atom is -0.385 e. The first-order valence-electron chi connectivity index (χ1n) is 10.6. The standard InChI is InChI=1S/C14H23N.C10H13N/c1-3-4-9-15-10-5-6-13-11-12(2)7-8-14(13)15;1-8-4-5-10-9(7-8)3-2-6-11-10/h7-8,13H,3-6,9-11H2,1-2H3;4-5,7,11H,2-3,6H2,1H3. The van der Waals surface area contributed by atoms with Crippen LogP contribution in [0.2, 0.25) is 0 Å². The highest BCUT2D eigenvalue weighted by Crippen LogP contribution is 2.34. The number of hydrogen-bond acceptors (Lipinski definition) is 2. The Balaban J connectivity index is 0.000000158. The highest BCUT2D eigenvalue weighted by molar-refractivity contribution is 5.54. The topological polar surface area (TPSA) is 15.3 Å². The van der Waals surface area contributed by atoms with E-state index in [1.165, 1.54) is 74.8 Å². The lowest BCUT2D eigenvalue weighted by molar-refractivity contribution is 0.235. The molecule has 2 heterocycles. The maximum atomic E-state index is 3.39. The first-order chi connectivity index (χ1) is 12.7. The van der Waals surface area contributed by atoms with Crippen LogP contribution in [-0.2, 0) is 6.42 Å². The van der Waals surface area contributed by atoms with Crippen molar-refractivity contribution in [2.45, 2.75) is 65.7 Å². The van der Waals surface area contributed by atoms with Crippen molar-refractivity contribution in [1.82, 2.24) is 4.90 Å². The summed E-state index contributed by atoms with van der Waals surface area (Å²) >= 11 is 0. The van der Waals surface area contributed by atoms with E-state index in [0.717, 1.165) is 12.5 Å². The van der Waals surface area contributed by atoms with Crippen molar-refractivity contribution in [1.29, 1.82) is 0 Å². The summed E-state index contributed by atoms with van der Waals surface area (Å²) < 4.78 is 0. The summed E-state index contributed by atoms with van der Waals surface area (Å²) in [4.78, 5) is 2.63. The predicted octanol–water partition coefficient (Wildman–Crippen LogP) is 6.09. The molecule has 1 aromatic rings. The lowest BCUT2D eigenvalue weighted by Gasteiger charge is -2.39. The van der Waals surface area contributed by atoms with E-state index in [4.69, 9.17) is 0 Å². The van der Waals surface area contributed by atoms with Crippen LogP contribution >= 0.6 is 0 Å². The van der Waals surface area contributed by atoms with Crippen molar-refractivity contribution in [2.75, 3.05) is 25.0 Å². The predicted molar refractivity (Wildman–Crippen MR) is 114 cm³/mol. The van der Waals surface area contributed by atoms with Crippen LogP contribution in [0.3, 0.4) is 0 Å². The van der Waals surface area contributed by atoms with Crippen LogP contribution in [-0.4, -0.2) is 24.5 Å². The molecule has 1 aliphatic carbocycles. The summed E-state index contributed by atoms with van der Waals surface area (Å²) in [5.74, 6) is 0.834. The highest BCUT2D eigenvalue weighted by atomic mass is 15.1. The molecule has 0 saturated carbocycles. The molecule has 26 heavy (non-hydrogen) atoms. The van der Waals surface area contributed by atoms with Gasteiger partial charge in [-0.3, -0.25) is 0 Å². The Hall–Kier alpha value is -1.70. The molecule has 1 atom stereocenters. The molecule has 1 fully saturated rings.